The van der Waals surface area contributed by atoms with Crippen LogP contribution in [0.2, 0.25) is 0 Å². The zero-order valence-corrected chi connectivity index (χ0v) is 20.9. The van der Waals surface area contributed by atoms with Crippen LogP contribution in [-0.2, 0) is 16.6 Å². The number of carbonyl (C=O) groups excluding carboxylic acids is 1. The molecule has 5 heteroatoms. The van der Waals surface area contributed by atoms with Gasteiger partial charge in [0.25, 0.3) is 0 Å². The summed E-state index contributed by atoms with van der Waals surface area (Å²) in [4.78, 5) is 14.3. The number of nitrogens with one attached hydrogen (secondary N) is 1. The van der Waals surface area contributed by atoms with Crippen molar-refractivity contribution in [3.05, 3.63) is 125 Å². The topological polar surface area (TPSA) is 56.8 Å². The Balaban J connectivity index is 1.84. The lowest BCUT2D eigenvalue weighted by Gasteiger charge is -2.35. The summed E-state index contributed by atoms with van der Waals surface area (Å²) in [5.74, 6) is 2.06. The highest BCUT2D eigenvalue weighted by Gasteiger charge is 2.44. The maximum atomic E-state index is 14.3. The van der Waals surface area contributed by atoms with Gasteiger partial charge in [0.15, 0.2) is 0 Å². The van der Waals surface area contributed by atoms with Crippen molar-refractivity contribution in [1.29, 1.82) is 0 Å². The SMILES string of the molecule is COc1ccc(C(C(=O)NCCc2ccccc2)(c2ccc(OC)cc2)c2ccc(OC)cc2)cc1. The van der Waals surface area contributed by atoms with Crippen LogP contribution >= 0.6 is 0 Å². The number of benzene rings is 4. The second-order valence-electron chi connectivity index (χ2n) is 8.43. The van der Waals surface area contributed by atoms with Gasteiger partial charge < -0.3 is 19.5 Å². The van der Waals surface area contributed by atoms with Crippen molar-refractivity contribution in [2.75, 3.05) is 27.9 Å². The zero-order valence-electron chi connectivity index (χ0n) is 20.9. The van der Waals surface area contributed by atoms with Gasteiger partial charge in [0.1, 0.15) is 22.7 Å². The fraction of sp³-hybridized carbons (Fsp3) is 0.194. The van der Waals surface area contributed by atoms with E-state index in [9.17, 15) is 4.79 Å². The third-order valence-corrected chi connectivity index (χ3v) is 6.45. The molecule has 0 aliphatic carbocycles. The molecule has 4 aromatic rings. The van der Waals surface area contributed by atoms with Crippen molar-refractivity contribution in [1.82, 2.24) is 5.32 Å². The maximum absolute atomic E-state index is 14.3. The molecule has 0 aromatic heterocycles. The van der Waals surface area contributed by atoms with Gasteiger partial charge in [-0.25, -0.2) is 0 Å². The van der Waals surface area contributed by atoms with Gasteiger partial charge in [0, 0.05) is 6.54 Å². The maximum Gasteiger partial charge on any atom is 0.239 e. The van der Waals surface area contributed by atoms with E-state index in [2.05, 4.69) is 17.4 Å². The quantitative estimate of drug-likeness (QED) is 0.308. The molecule has 184 valence electrons. The second-order valence-corrected chi connectivity index (χ2v) is 8.43. The molecule has 0 bridgehead atoms. The number of hydrogen-bond donors (Lipinski definition) is 1. The van der Waals surface area contributed by atoms with Crippen LogP contribution < -0.4 is 19.5 Å². The predicted molar refractivity (Wildman–Crippen MR) is 142 cm³/mol. The predicted octanol–water partition coefficient (Wildman–Crippen LogP) is 5.41. The minimum Gasteiger partial charge on any atom is -0.497 e. The lowest BCUT2D eigenvalue weighted by molar-refractivity contribution is -0.124. The molecule has 4 aromatic carbocycles. The van der Waals surface area contributed by atoms with Crippen LogP contribution in [0.25, 0.3) is 0 Å². The van der Waals surface area contributed by atoms with Crippen LogP contribution in [0, 0.1) is 0 Å². The fourth-order valence-corrected chi connectivity index (χ4v) is 4.51. The number of ether oxygens (including phenoxy) is 3. The minimum atomic E-state index is -1.11. The van der Waals surface area contributed by atoms with E-state index in [1.165, 1.54) is 5.56 Å². The van der Waals surface area contributed by atoms with Crippen molar-refractivity contribution in [3.8, 4) is 17.2 Å². The van der Waals surface area contributed by atoms with Crippen molar-refractivity contribution in [2.45, 2.75) is 11.8 Å². The fourth-order valence-electron chi connectivity index (χ4n) is 4.51. The summed E-state index contributed by atoms with van der Waals surface area (Å²) in [5.41, 5.74) is 2.55. The van der Waals surface area contributed by atoms with E-state index >= 15 is 0 Å². The molecule has 5 nitrogen and oxygen atoms in total. The second kappa shape index (κ2) is 11.5. The minimum absolute atomic E-state index is 0.112. The van der Waals surface area contributed by atoms with E-state index in [1.807, 2.05) is 91.0 Å². The summed E-state index contributed by atoms with van der Waals surface area (Å²) in [5, 5.41) is 3.22. The Morgan fingerprint density at radius 3 is 1.36 bits per heavy atom. The van der Waals surface area contributed by atoms with Crippen molar-refractivity contribution in [3.63, 3.8) is 0 Å². The zero-order chi connectivity index (χ0) is 25.4. The normalized spacial score (nSPS) is 11.0. The van der Waals surface area contributed by atoms with Gasteiger partial charge in [-0.15, -0.1) is 0 Å². The first kappa shape index (κ1) is 24.9. The standard InChI is InChI=1S/C31H31NO4/c1-34-27-15-9-24(10-16-27)31(25-11-17-28(35-2)18-12-25,26-13-19-29(36-3)20-14-26)30(33)32-22-21-23-7-5-4-6-8-23/h4-20H,21-22H2,1-3H3,(H,32,33). The van der Waals surface area contributed by atoms with Gasteiger partial charge in [-0.1, -0.05) is 66.7 Å². The molecule has 0 aliphatic heterocycles. The molecule has 0 aliphatic rings. The lowest BCUT2D eigenvalue weighted by Crippen LogP contribution is -2.47. The molecule has 1 N–H and O–H groups in total. The van der Waals surface area contributed by atoms with Crippen molar-refractivity contribution < 1.29 is 19.0 Å². The van der Waals surface area contributed by atoms with Crippen LogP contribution in [0.15, 0.2) is 103 Å². The summed E-state index contributed by atoms with van der Waals surface area (Å²) in [6.07, 6.45) is 0.733. The average Bonchev–Trinajstić information content (AvgIpc) is 2.95. The lowest BCUT2D eigenvalue weighted by atomic mass is 9.68. The molecule has 0 heterocycles. The summed E-state index contributed by atoms with van der Waals surface area (Å²) in [7, 11) is 4.89. The molecule has 0 atom stereocenters. The van der Waals surface area contributed by atoms with Gasteiger partial charge in [0.2, 0.25) is 5.91 Å². The Kier molecular flexibility index (Phi) is 7.91. The van der Waals surface area contributed by atoms with Gasteiger partial charge in [0.05, 0.1) is 21.3 Å². The van der Waals surface area contributed by atoms with E-state index < -0.39 is 5.41 Å². The van der Waals surface area contributed by atoms with Crippen LogP contribution in [0.1, 0.15) is 22.3 Å². The molecular formula is C31H31NO4. The van der Waals surface area contributed by atoms with E-state index in [-0.39, 0.29) is 5.91 Å². The molecular weight excluding hydrogens is 450 g/mol. The molecule has 0 fully saturated rings. The molecule has 0 radical (unpaired) electrons. The highest BCUT2D eigenvalue weighted by molar-refractivity contribution is 5.96. The number of methoxy groups -OCH3 is 3. The van der Waals surface area contributed by atoms with Crippen LogP contribution in [0.4, 0.5) is 0 Å². The number of amides is 1. The third kappa shape index (κ3) is 5.05. The largest absolute Gasteiger partial charge is 0.497 e. The van der Waals surface area contributed by atoms with Gasteiger partial charge >= 0.3 is 0 Å². The van der Waals surface area contributed by atoms with E-state index in [0.29, 0.717) is 6.54 Å². The molecule has 0 spiro atoms. The summed E-state index contributed by atoms with van der Waals surface area (Å²) >= 11 is 0. The first-order chi connectivity index (χ1) is 17.6. The Morgan fingerprint density at radius 1 is 0.611 bits per heavy atom. The summed E-state index contributed by atoms with van der Waals surface area (Å²) in [6, 6.07) is 33.1. The molecule has 0 saturated heterocycles. The highest BCUT2D eigenvalue weighted by atomic mass is 16.5. The van der Waals surface area contributed by atoms with Gasteiger partial charge in [-0.2, -0.15) is 0 Å². The van der Waals surface area contributed by atoms with E-state index in [0.717, 1.165) is 40.4 Å². The first-order valence-electron chi connectivity index (χ1n) is 11.9. The van der Waals surface area contributed by atoms with Crippen molar-refractivity contribution in [2.24, 2.45) is 0 Å². The Labute approximate surface area is 212 Å². The number of rotatable bonds is 10. The van der Waals surface area contributed by atoms with E-state index in [4.69, 9.17) is 14.2 Å². The Morgan fingerprint density at radius 2 is 1.00 bits per heavy atom. The van der Waals surface area contributed by atoms with Crippen LogP contribution in [0.3, 0.4) is 0 Å². The smallest absolute Gasteiger partial charge is 0.239 e. The molecule has 36 heavy (non-hydrogen) atoms. The Hall–Kier alpha value is -4.25. The molecule has 4 rings (SSSR count). The Bertz CT molecular complexity index is 1140. The van der Waals surface area contributed by atoms with Crippen LogP contribution in [-0.4, -0.2) is 33.8 Å². The van der Waals surface area contributed by atoms with Crippen molar-refractivity contribution >= 4 is 5.91 Å². The average molecular weight is 482 g/mol. The number of carbonyl (C=O) groups is 1. The highest BCUT2D eigenvalue weighted by Crippen LogP contribution is 2.41. The van der Waals surface area contributed by atoms with Gasteiger partial charge in [-0.05, 0) is 65.1 Å². The third-order valence-electron chi connectivity index (χ3n) is 6.45. The van der Waals surface area contributed by atoms with E-state index in [1.54, 1.807) is 21.3 Å². The molecule has 0 saturated carbocycles. The monoisotopic (exact) mass is 481 g/mol. The molecule has 0 unspecified atom stereocenters. The number of hydrogen-bond acceptors (Lipinski definition) is 4. The summed E-state index contributed by atoms with van der Waals surface area (Å²) in [6.45, 7) is 0.507. The van der Waals surface area contributed by atoms with Crippen LogP contribution in [0.5, 0.6) is 17.2 Å². The summed E-state index contributed by atoms with van der Waals surface area (Å²) < 4.78 is 16.2. The first-order valence-corrected chi connectivity index (χ1v) is 11.9. The van der Waals surface area contributed by atoms with Gasteiger partial charge in [-0.3, -0.25) is 4.79 Å². The molecule has 1 amide bonds.